The van der Waals surface area contributed by atoms with Crippen LogP contribution in [-0.2, 0) is 4.74 Å². The van der Waals surface area contributed by atoms with Gasteiger partial charge < -0.3 is 10.1 Å². The Kier molecular flexibility index (Phi) is 4.27. The van der Waals surface area contributed by atoms with Crippen molar-refractivity contribution in [1.29, 1.82) is 0 Å². The first-order valence-electron chi connectivity index (χ1n) is 5.05. The smallest absolute Gasteiger partial charge is 0.0616 e. The second-order valence-corrected chi connectivity index (χ2v) is 3.57. The average Bonchev–Trinajstić information content (AvgIpc) is 2.61. The molecule has 1 aliphatic heterocycles. The second kappa shape index (κ2) is 5.26. The lowest BCUT2D eigenvalue weighted by Gasteiger charge is -2.25. The molecule has 1 rings (SSSR count). The van der Waals surface area contributed by atoms with Crippen molar-refractivity contribution < 1.29 is 4.74 Å². The molecule has 0 amide bonds. The molecule has 1 heterocycles. The minimum absolute atomic E-state index is 0.408. The third kappa shape index (κ3) is 2.46. The predicted molar refractivity (Wildman–Crippen MR) is 54.4 cm³/mol. The number of terminal acetylenes is 1. The Morgan fingerprint density at radius 3 is 3.00 bits per heavy atom. The number of hydrogen-bond donors (Lipinski definition) is 1. The van der Waals surface area contributed by atoms with Crippen molar-refractivity contribution in [2.24, 2.45) is 5.92 Å². The molecule has 3 atom stereocenters. The van der Waals surface area contributed by atoms with Gasteiger partial charge in [0.25, 0.3) is 0 Å². The standard InChI is InChI=1S/C11H19NO/c1-4-6-10(12-3)9-7-8-13-11(9)5-2/h1,9-12H,5-8H2,2-3H3. The number of rotatable bonds is 4. The van der Waals surface area contributed by atoms with E-state index in [1.54, 1.807) is 0 Å². The lowest BCUT2D eigenvalue weighted by Crippen LogP contribution is -2.37. The number of hydrogen-bond acceptors (Lipinski definition) is 2. The van der Waals surface area contributed by atoms with E-state index in [1.807, 2.05) is 7.05 Å². The number of ether oxygens (including phenoxy) is 1. The van der Waals surface area contributed by atoms with Crippen LogP contribution in [0, 0.1) is 18.3 Å². The highest BCUT2D eigenvalue weighted by Gasteiger charge is 2.32. The molecule has 0 aromatic rings. The molecule has 0 saturated carbocycles. The first kappa shape index (κ1) is 10.6. The normalized spacial score (nSPS) is 29.9. The zero-order valence-corrected chi connectivity index (χ0v) is 8.55. The van der Waals surface area contributed by atoms with Gasteiger partial charge in [-0.1, -0.05) is 6.92 Å². The highest BCUT2D eigenvalue weighted by atomic mass is 16.5. The molecular weight excluding hydrogens is 162 g/mol. The summed E-state index contributed by atoms with van der Waals surface area (Å²) in [4.78, 5) is 0. The van der Waals surface area contributed by atoms with Crippen LogP contribution in [0.25, 0.3) is 0 Å². The molecule has 1 fully saturated rings. The fourth-order valence-corrected chi connectivity index (χ4v) is 2.14. The Balaban J connectivity index is 2.52. The van der Waals surface area contributed by atoms with Crippen molar-refractivity contribution in [3.8, 4) is 12.3 Å². The molecular formula is C11H19NO. The Morgan fingerprint density at radius 1 is 1.69 bits per heavy atom. The first-order valence-corrected chi connectivity index (χ1v) is 5.05. The van der Waals surface area contributed by atoms with E-state index in [0.29, 0.717) is 18.1 Å². The summed E-state index contributed by atoms with van der Waals surface area (Å²) in [6.45, 7) is 3.07. The van der Waals surface area contributed by atoms with Gasteiger partial charge in [0.1, 0.15) is 0 Å². The van der Waals surface area contributed by atoms with Gasteiger partial charge in [-0.3, -0.25) is 0 Å². The van der Waals surface area contributed by atoms with Crippen LogP contribution in [0.3, 0.4) is 0 Å². The van der Waals surface area contributed by atoms with E-state index in [2.05, 4.69) is 18.2 Å². The van der Waals surface area contributed by atoms with Crippen LogP contribution in [0.5, 0.6) is 0 Å². The molecule has 0 aliphatic carbocycles. The summed E-state index contributed by atoms with van der Waals surface area (Å²) in [5.41, 5.74) is 0. The van der Waals surface area contributed by atoms with Gasteiger partial charge >= 0.3 is 0 Å². The summed E-state index contributed by atoms with van der Waals surface area (Å²) in [6.07, 6.45) is 8.78. The van der Waals surface area contributed by atoms with Crippen molar-refractivity contribution >= 4 is 0 Å². The van der Waals surface area contributed by atoms with Gasteiger partial charge in [-0.25, -0.2) is 0 Å². The third-order valence-corrected chi connectivity index (χ3v) is 2.89. The van der Waals surface area contributed by atoms with Gasteiger partial charge in [-0.05, 0) is 19.9 Å². The van der Waals surface area contributed by atoms with Crippen LogP contribution in [0.2, 0.25) is 0 Å². The van der Waals surface area contributed by atoms with Gasteiger partial charge in [-0.15, -0.1) is 12.3 Å². The molecule has 1 aliphatic rings. The minimum atomic E-state index is 0.408. The summed E-state index contributed by atoms with van der Waals surface area (Å²) >= 11 is 0. The van der Waals surface area contributed by atoms with Gasteiger partial charge in [-0.2, -0.15) is 0 Å². The van der Waals surface area contributed by atoms with Crippen molar-refractivity contribution in [3.05, 3.63) is 0 Å². The van der Waals surface area contributed by atoms with E-state index in [4.69, 9.17) is 11.2 Å². The monoisotopic (exact) mass is 181 g/mol. The molecule has 0 radical (unpaired) electrons. The summed E-state index contributed by atoms with van der Waals surface area (Å²) in [5.74, 6) is 3.33. The van der Waals surface area contributed by atoms with E-state index >= 15 is 0 Å². The fourth-order valence-electron chi connectivity index (χ4n) is 2.14. The van der Waals surface area contributed by atoms with E-state index in [-0.39, 0.29) is 0 Å². The van der Waals surface area contributed by atoms with E-state index in [0.717, 1.165) is 25.9 Å². The molecule has 1 saturated heterocycles. The molecule has 0 aromatic heterocycles. The molecule has 2 nitrogen and oxygen atoms in total. The summed E-state index contributed by atoms with van der Waals surface area (Å²) < 4.78 is 5.64. The van der Waals surface area contributed by atoms with Crippen LogP contribution < -0.4 is 5.32 Å². The minimum Gasteiger partial charge on any atom is -0.378 e. The van der Waals surface area contributed by atoms with Gasteiger partial charge in [0, 0.05) is 25.0 Å². The highest BCUT2D eigenvalue weighted by molar-refractivity contribution is 4.95. The molecule has 2 heteroatoms. The molecule has 1 N–H and O–H groups in total. The quantitative estimate of drug-likeness (QED) is 0.662. The summed E-state index contributed by atoms with van der Waals surface area (Å²) in [7, 11) is 1.98. The fraction of sp³-hybridized carbons (Fsp3) is 0.818. The summed E-state index contributed by atoms with van der Waals surface area (Å²) in [6, 6.07) is 0.428. The van der Waals surface area contributed by atoms with Crippen LogP contribution in [0.15, 0.2) is 0 Å². The maximum Gasteiger partial charge on any atom is 0.0616 e. The van der Waals surface area contributed by atoms with E-state index < -0.39 is 0 Å². The van der Waals surface area contributed by atoms with Crippen LogP contribution in [0.1, 0.15) is 26.2 Å². The lowest BCUT2D eigenvalue weighted by atomic mass is 9.89. The van der Waals surface area contributed by atoms with Gasteiger partial charge in [0.2, 0.25) is 0 Å². The third-order valence-electron chi connectivity index (χ3n) is 2.89. The lowest BCUT2D eigenvalue weighted by molar-refractivity contribution is 0.0788. The topological polar surface area (TPSA) is 21.3 Å². The van der Waals surface area contributed by atoms with Crippen LogP contribution in [0.4, 0.5) is 0 Å². The maximum atomic E-state index is 5.64. The van der Waals surface area contributed by atoms with E-state index in [9.17, 15) is 0 Å². The van der Waals surface area contributed by atoms with Crippen molar-refractivity contribution in [2.45, 2.75) is 38.3 Å². The predicted octanol–water partition coefficient (Wildman–Crippen LogP) is 1.41. The van der Waals surface area contributed by atoms with Crippen molar-refractivity contribution in [1.82, 2.24) is 5.32 Å². The molecule has 0 bridgehead atoms. The Bertz CT molecular complexity index is 185. The maximum absolute atomic E-state index is 5.64. The average molecular weight is 181 g/mol. The Labute approximate surface area is 81.0 Å². The largest absolute Gasteiger partial charge is 0.378 e. The van der Waals surface area contributed by atoms with Crippen LogP contribution >= 0.6 is 0 Å². The molecule has 13 heavy (non-hydrogen) atoms. The SMILES string of the molecule is C#CCC(NC)C1CCOC1CC. The van der Waals surface area contributed by atoms with Crippen molar-refractivity contribution in [3.63, 3.8) is 0 Å². The number of nitrogens with one attached hydrogen (secondary N) is 1. The summed E-state index contributed by atoms with van der Waals surface area (Å²) in [5, 5.41) is 3.29. The molecule has 3 unspecified atom stereocenters. The molecule has 74 valence electrons. The first-order chi connectivity index (χ1) is 6.33. The molecule has 0 spiro atoms. The Morgan fingerprint density at radius 2 is 2.46 bits per heavy atom. The zero-order chi connectivity index (χ0) is 9.68. The molecule has 0 aromatic carbocycles. The zero-order valence-electron chi connectivity index (χ0n) is 8.55. The van der Waals surface area contributed by atoms with Gasteiger partial charge in [0.15, 0.2) is 0 Å². The van der Waals surface area contributed by atoms with E-state index in [1.165, 1.54) is 0 Å². The van der Waals surface area contributed by atoms with Gasteiger partial charge in [0.05, 0.1) is 6.10 Å². The second-order valence-electron chi connectivity index (χ2n) is 3.57. The highest BCUT2D eigenvalue weighted by Crippen LogP contribution is 2.27. The van der Waals surface area contributed by atoms with Crippen molar-refractivity contribution in [2.75, 3.05) is 13.7 Å². The van der Waals surface area contributed by atoms with Crippen LogP contribution in [-0.4, -0.2) is 25.8 Å². The Hall–Kier alpha value is -0.520.